The zero-order valence-electron chi connectivity index (χ0n) is 11.2. The van der Waals surface area contributed by atoms with Crippen LogP contribution in [-0.2, 0) is 5.75 Å². The van der Waals surface area contributed by atoms with Gasteiger partial charge in [0.25, 0.3) is 11.3 Å². The maximum atomic E-state index is 12.0. The van der Waals surface area contributed by atoms with E-state index in [-0.39, 0.29) is 5.56 Å². The maximum Gasteiger partial charge on any atom is 0.274 e. The van der Waals surface area contributed by atoms with Gasteiger partial charge in [0, 0.05) is 24.2 Å². The second-order valence-corrected chi connectivity index (χ2v) is 6.20. The summed E-state index contributed by atoms with van der Waals surface area (Å²) in [5.74, 6) is 1.80. The highest BCUT2D eigenvalue weighted by Crippen LogP contribution is 2.17. The van der Waals surface area contributed by atoms with Gasteiger partial charge in [0.15, 0.2) is 10.3 Å². The first kappa shape index (κ1) is 14.1. The fourth-order valence-corrected chi connectivity index (χ4v) is 2.95. The molecule has 0 bridgehead atoms. The predicted molar refractivity (Wildman–Crippen MR) is 81.6 cm³/mol. The molecule has 0 fully saturated rings. The lowest BCUT2D eigenvalue weighted by Crippen LogP contribution is -2.15. The van der Waals surface area contributed by atoms with E-state index in [4.69, 9.17) is 0 Å². The van der Waals surface area contributed by atoms with Crippen molar-refractivity contribution in [3.05, 3.63) is 40.6 Å². The van der Waals surface area contributed by atoms with Crippen LogP contribution in [0.3, 0.4) is 0 Å². The summed E-state index contributed by atoms with van der Waals surface area (Å²) in [5.41, 5.74) is 0.497. The highest BCUT2D eigenvalue weighted by molar-refractivity contribution is 7.99. The van der Waals surface area contributed by atoms with E-state index < -0.39 is 0 Å². The molecule has 3 rings (SSSR count). The molecular formula is C12H12N6OS2. The standard InChI is InChI=1S/C12H12N6OS2/c1-2-20-12-16-10-15-8(6-9(19)18(10)17-12)7-21-11-13-4-3-5-14-11/h3-6H,2,7H2,1H3,(H,15,16,17). The van der Waals surface area contributed by atoms with Crippen molar-refractivity contribution in [1.29, 1.82) is 0 Å². The first-order valence-electron chi connectivity index (χ1n) is 6.27. The van der Waals surface area contributed by atoms with Crippen LogP contribution in [0, 0.1) is 0 Å². The van der Waals surface area contributed by atoms with Crippen molar-refractivity contribution in [1.82, 2.24) is 29.5 Å². The smallest absolute Gasteiger partial charge is 0.267 e. The summed E-state index contributed by atoms with van der Waals surface area (Å²) in [6, 6.07) is 3.26. The van der Waals surface area contributed by atoms with Crippen LogP contribution in [0.5, 0.6) is 0 Å². The minimum atomic E-state index is -0.167. The van der Waals surface area contributed by atoms with E-state index in [2.05, 4.69) is 25.0 Å². The van der Waals surface area contributed by atoms with Crippen LogP contribution >= 0.6 is 23.5 Å². The highest BCUT2D eigenvalue weighted by Gasteiger charge is 2.08. The molecule has 21 heavy (non-hydrogen) atoms. The SMILES string of the molecule is CCSc1nc2nc(CSc3ncccn3)cc(=O)n2[nH]1. The normalized spacial score (nSPS) is 11.1. The Balaban J connectivity index is 1.84. The van der Waals surface area contributed by atoms with Crippen molar-refractivity contribution in [2.24, 2.45) is 0 Å². The molecule has 0 aliphatic heterocycles. The summed E-state index contributed by atoms with van der Waals surface area (Å²) in [6.45, 7) is 2.02. The summed E-state index contributed by atoms with van der Waals surface area (Å²) in [7, 11) is 0. The fraction of sp³-hybridized carbons (Fsp3) is 0.250. The lowest BCUT2D eigenvalue weighted by Gasteiger charge is -1.99. The minimum Gasteiger partial charge on any atom is -0.267 e. The van der Waals surface area contributed by atoms with Gasteiger partial charge in [-0.15, -0.1) is 0 Å². The topological polar surface area (TPSA) is 88.8 Å². The molecule has 0 saturated carbocycles. The van der Waals surface area contributed by atoms with Gasteiger partial charge in [0.05, 0.1) is 5.69 Å². The molecule has 3 aromatic rings. The first-order chi connectivity index (χ1) is 10.3. The van der Waals surface area contributed by atoms with Crippen LogP contribution < -0.4 is 5.56 Å². The quantitative estimate of drug-likeness (QED) is 0.564. The second kappa shape index (κ2) is 6.27. The molecular weight excluding hydrogens is 308 g/mol. The van der Waals surface area contributed by atoms with Crippen molar-refractivity contribution in [3.63, 3.8) is 0 Å². The molecule has 0 saturated heterocycles. The van der Waals surface area contributed by atoms with Crippen molar-refractivity contribution < 1.29 is 0 Å². The van der Waals surface area contributed by atoms with E-state index in [0.29, 0.717) is 27.5 Å². The van der Waals surface area contributed by atoms with E-state index in [0.717, 1.165) is 5.75 Å². The number of nitrogens with zero attached hydrogens (tertiary/aromatic N) is 5. The Morgan fingerprint density at radius 3 is 2.81 bits per heavy atom. The van der Waals surface area contributed by atoms with E-state index in [9.17, 15) is 4.79 Å². The van der Waals surface area contributed by atoms with Gasteiger partial charge >= 0.3 is 0 Å². The average Bonchev–Trinajstić information content (AvgIpc) is 2.90. The molecule has 1 N–H and O–H groups in total. The number of aromatic nitrogens is 6. The molecule has 0 aliphatic rings. The molecule has 0 aromatic carbocycles. The van der Waals surface area contributed by atoms with Gasteiger partial charge in [-0.2, -0.15) is 9.50 Å². The minimum absolute atomic E-state index is 0.167. The Hall–Kier alpha value is -1.87. The van der Waals surface area contributed by atoms with Gasteiger partial charge in [-0.25, -0.2) is 15.0 Å². The van der Waals surface area contributed by atoms with Crippen LogP contribution in [0.25, 0.3) is 5.78 Å². The Morgan fingerprint density at radius 1 is 1.24 bits per heavy atom. The van der Waals surface area contributed by atoms with Gasteiger partial charge in [-0.05, 0) is 11.8 Å². The number of thioether (sulfide) groups is 2. The van der Waals surface area contributed by atoms with E-state index in [1.54, 1.807) is 18.5 Å². The molecule has 9 heteroatoms. The number of fused-ring (bicyclic) bond motifs is 1. The summed E-state index contributed by atoms with van der Waals surface area (Å²) in [6.07, 6.45) is 3.37. The molecule has 0 atom stereocenters. The summed E-state index contributed by atoms with van der Waals surface area (Å²) in [5, 5.41) is 4.28. The molecule has 108 valence electrons. The van der Waals surface area contributed by atoms with Crippen molar-refractivity contribution >= 4 is 29.3 Å². The van der Waals surface area contributed by atoms with Crippen LogP contribution in [0.15, 0.2) is 39.6 Å². The van der Waals surface area contributed by atoms with Gasteiger partial charge in [0.2, 0.25) is 0 Å². The molecule has 0 unspecified atom stereocenters. The largest absolute Gasteiger partial charge is 0.274 e. The van der Waals surface area contributed by atoms with Crippen molar-refractivity contribution in [2.75, 3.05) is 5.75 Å². The molecule has 3 aromatic heterocycles. The van der Waals surface area contributed by atoms with Crippen LogP contribution in [0.4, 0.5) is 0 Å². The number of nitrogens with one attached hydrogen (secondary N) is 1. The van der Waals surface area contributed by atoms with E-state index in [1.807, 2.05) is 6.92 Å². The van der Waals surface area contributed by atoms with Crippen LogP contribution in [-0.4, -0.2) is 35.3 Å². The van der Waals surface area contributed by atoms with Crippen LogP contribution in [0.1, 0.15) is 12.6 Å². The number of aromatic amines is 1. The van der Waals surface area contributed by atoms with Gasteiger partial charge < -0.3 is 0 Å². The van der Waals surface area contributed by atoms with E-state index in [1.165, 1.54) is 34.1 Å². The third-order valence-corrected chi connectivity index (χ3v) is 4.19. The molecule has 0 radical (unpaired) electrons. The zero-order valence-corrected chi connectivity index (χ0v) is 12.8. The number of hydrogen-bond acceptors (Lipinski definition) is 7. The third-order valence-electron chi connectivity index (χ3n) is 2.54. The summed E-state index contributed by atoms with van der Waals surface area (Å²) < 4.78 is 1.35. The summed E-state index contributed by atoms with van der Waals surface area (Å²) >= 11 is 2.97. The van der Waals surface area contributed by atoms with Crippen LogP contribution in [0.2, 0.25) is 0 Å². The number of H-pyrrole nitrogens is 1. The Kier molecular flexibility index (Phi) is 4.20. The fourth-order valence-electron chi connectivity index (χ4n) is 1.68. The van der Waals surface area contributed by atoms with E-state index >= 15 is 0 Å². The molecule has 0 amide bonds. The maximum absolute atomic E-state index is 12.0. The third kappa shape index (κ3) is 3.24. The highest BCUT2D eigenvalue weighted by atomic mass is 32.2. The van der Waals surface area contributed by atoms with Crippen molar-refractivity contribution in [3.8, 4) is 0 Å². The average molecular weight is 320 g/mol. The lowest BCUT2D eigenvalue weighted by atomic mass is 10.4. The first-order valence-corrected chi connectivity index (χ1v) is 8.24. The van der Waals surface area contributed by atoms with Gasteiger partial charge in [0.1, 0.15) is 0 Å². The molecule has 7 nitrogen and oxygen atoms in total. The Labute approximate surface area is 128 Å². The molecule has 3 heterocycles. The summed E-state index contributed by atoms with van der Waals surface area (Å²) in [4.78, 5) is 29.0. The predicted octanol–water partition coefficient (Wildman–Crippen LogP) is 1.61. The molecule has 0 spiro atoms. The number of rotatable bonds is 5. The zero-order chi connectivity index (χ0) is 14.7. The monoisotopic (exact) mass is 320 g/mol. The van der Waals surface area contributed by atoms with Gasteiger partial charge in [-0.1, -0.05) is 30.4 Å². The van der Waals surface area contributed by atoms with Gasteiger partial charge in [-0.3, -0.25) is 9.89 Å². The second-order valence-electron chi connectivity index (χ2n) is 4.00. The molecule has 0 aliphatic carbocycles. The Morgan fingerprint density at radius 2 is 2.05 bits per heavy atom. The Bertz CT molecular complexity index is 800. The number of hydrogen-bond donors (Lipinski definition) is 1. The van der Waals surface area contributed by atoms with Crippen molar-refractivity contribution in [2.45, 2.75) is 23.0 Å². The lowest BCUT2D eigenvalue weighted by molar-refractivity contribution is 0.844.